The average molecular weight is 266 g/mol. The molecule has 0 atom stereocenters. The second-order valence-corrected chi connectivity index (χ2v) is 4.56. The van der Waals surface area contributed by atoms with Gasteiger partial charge in [-0.25, -0.2) is 4.39 Å². The van der Waals surface area contributed by atoms with Crippen LogP contribution in [0.15, 0.2) is 18.2 Å². The molecule has 0 aromatic heterocycles. The predicted octanol–water partition coefficient (Wildman–Crippen LogP) is 2.48. The fraction of sp³-hybridized carbons (Fsp3) is 0.533. The molecule has 106 valence electrons. The number of carbonyl (C=O) groups excluding carboxylic acids is 1. The van der Waals surface area contributed by atoms with E-state index in [0.29, 0.717) is 19.5 Å². The minimum atomic E-state index is -0.221. The molecule has 19 heavy (non-hydrogen) atoms. The van der Waals surface area contributed by atoms with E-state index in [-0.39, 0.29) is 11.7 Å². The summed E-state index contributed by atoms with van der Waals surface area (Å²) in [7, 11) is 0. The monoisotopic (exact) mass is 266 g/mol. The molecule has 0 aliphatic rings. The van der Waals surface area contributed by atoms with Crippen LogP contribution in [0.3, 0.4) is 0 Å². The van der Waals surface area contributed by atoms with Gasteiger partial charge in [0.05, 0.1) is 0 Å². The van der Waals surface area contributed by atoms with E-state index in [9.17, 15) is 9.18 Å². The molecular weight excluding hydrogens is 243 g/mol. The van der Waals surface area contributed by atoms with E-state index in [0.717, 1.165) is 24.2 Å². The molecule has 1 N–H and O–H groups in total. The maximum absolute atomic E-state index is 13.1. The molecule has 0 unspecified atom stereocenters. The first kappa shape index (κ1) is 15.6. The second kappa shape index (κ2) is 7.89. The van der Waals surface area contributed by atoms with Crippen molar-refractivity contribution in [2.75, 3.05) is 19.6 Å². The van der Waals surface area contributed by atoms with Crippen molar-refractivity contribution in [2.45, 2.75) is 33.7 Å². The standard InChI is InChI=1S/C15H23FN2O/c1-4-18(5-2)15(19)8-9-17-11-13-10-14(16)7-6-12(13)3/h6-7,10,17H,4-5,8-9,11H2,1-3H3. The van der Waals surface area contributed by atoms with E-state index < -0.39 is 0 Å². The third-order valence-electron chi connectivity index (χ3n) is 3.26. The van der Waals surface area contributed by atoms with Crippen LogP contribution in [0.4, 0.5) is 4.39 Å². The number of nitrogens with zero attached hydrogens (tertiary/aromatic N) is 1. The van der Waals surface area contributed by atoms with Gasteiger partial charge in [-0.2, -0.15) is 0 Å². The lowest BCUT2D eigenvalue weighted by molar-refractivity contribution is -0.130. The summed E-state index contributed by atoms with van der Waals surface area (Å²) in [6.45, 7) is 8.62. The van der Waals surface area contributed by atoms with Gasteiger partial charge >= 0.3 is 0 Å². The molecule has 0 saturated carbocycles. The van der Waals surface area contributed by atoms with Crippen molar-refractivity contribution in [3.8, 4) is 0 Å². The van der Waals surface area contributed by atoms with Crippen LogP contribution in [-0.4, -0.2) is 30.4 Å². The first-order chi connectivity index (χ1) is 9.08. The topological polar surface area (TPSA) is 32.3 Å². The lowest BCUT2D eigenvalue weighted by Crippen LogP contribution is -2.32. The lowest BCUT2D eigenvalue weighted by Gasteiger charge is -2.18. The Bertz CT molecular complexity index is 417. The number of carbonyl (C=O) groups is 1. The third-order valence-corrected chi connectivity index (χ3v) is 3.26. The Kier molecular flexibility index (Phi) is 6.50. The summed E-state index contributed by atoms with van der Waals surface area (Å²) in [6, 6.07) is 4.77. The van der Waals surface area contributed by atoms with Gasteiger partial charge < -0.3 is 10.2 Å². The maximum atomic E-state index is 13.1. The molecule has 3 nitrogen and oxygen atoms in total. The van der Waals surface area contributed by atoms with Gasteiger partial charge in [0.15, 0.2) is 0 Å². The molecule has 0 aliphatic carbocycles. The van der Waals surface area contributed by atoms with Crippen LogP contribution >= 0.6 is 0 Å². The SMILES string of the molecule is CCN(CC)C(=O)CCNCc1cc(F)ccc1C. The summed E-state index contributed by atoms with van der Waals surface area (Å²) in [5.74, 6) is -0.0601. The molecule has 0 spiro atoms. The molecule has 1 aromatic rings. The molecule has 1 amide bonds. The molecule has 0 fully saturated rings. The molecular formula is C15H23FN2O. The van der Waals surface area contributed by atoms with E-state index in [1.807, 2.05) is 25.7 Å². The van der Waals surface area contributed by atoms with E-state index in [4.69, 9.17) is 0 Å². The molecule has 0 saturated heterocycles. The number of benzene rings is 1. The van der Waals surface area contributed by atoms with Crippen molar-refractivity contribution in [2.24, 2.45) is 0 Å². The molecule has 1 rings (SSSR count). The highest BCUT2D eigenvalue weighted by Gasteiger charge is 2.08. The van der Waals surface area contributed by atoms with E-state index in [1.54, 1.807) is 6.07 Å². The first-order valence-corrected chi connectivity index (χ1v) is 6.82. The van der Waals surface area contributed by atoms with Gasteiger partial charge in [-0.05, 0) is 44.0 Å². The van der Waals surface area contributed by atoms with Gasteiger partial charge in [0.25, 0.3) is 0 Å². The number of amides is 1. The summed E-state index contributed by atoms with van der Waals surface area (Å²) in [6.07, 6.45) is 0.482. The zero-order valence-corrected chi connectivity index (χ0v) is 12.0. The van der Waals surface area contributed by atoms with Gasteiger partial charge in [0, 0.05) is 32.6 Å². The van der Waals surface area contributed by atoms with Crippen molar-refractivity contribution < 1.29 is 9.18 Å². The molecule has 1 aromatic carbocycles. The number of rotatable bonds is 7. The van der Waals surface area contributed by atoms with Crippen LogP contribution < -0.4 is 5.32 Å². The second-order valence-electron chi connectivity index (χ2n) is 4.56. The average Bonchev–Trinajstić information content (AvgIpc) is 2.40. The fourth-order valence-electron chi connectivity index (χ4n) is 1.98. The number of aryl methyl sites for hydroxylation is 1. The minimum Gasteiger partial charge on any atom is -0.343 e. The van der Waals surface area contributed by atoms with Gasteiger partial charge in [-0.3, -0.25) is 4.79 Å². The van der Waals surface area contributed by atoms with Gasteiger partial charge in [0.1, 0.15) is 5.82 Å². The number of hydrogen-bond donors (Lipinski definition) is 1. The number of hydrogen-bond acceptors (Lipinski definition) is 2. The number of halogens is 1. The van der Waals surface area contributed by atoms with Crippen LogP contribution in [0, 0.1) is 12.7 Å². The summed E-state index contributed by atoms with van der Waals surface area (Å²) in [5, 5.41) is 3.19. The smallest absolute Gasteiger partial charge is 0.223 e. The van der Waals surface area contributed by atoms with Gasteiger partial charge in [-0.1, -0.05) is 6.07 Å². The molecule has 0 radical (unpaired) electrons. The van der Waals surface area contributed by atoms with Crippen molar-refractivity contribution in [1.82, 2.24) is 10.2 Å². The van der Waals surface area contributed by atoms with Crippen LogP contribution in [0.5, 0.6) is 0 Å². The van der Waals surface area contributed by atoms with Crippen molar-refractivity contribution >= 4 is 5.91 Å². The van der Waals surface area contributed by atoms with E-state index >= 15 is 0 Å². The highest BCUT2D eigenvalue weighted by molar-refractivity contribution is 5.76. The Labute approximate surface area is 114 Å². The van der Waals surface area contributed by atoms with Crippen LogP contribution in [0.1, 0.15) is 31.4 Å². The summed E-state index contributed by atoms with van der Waals surface area (Å²) < 4.78 is 13.1. The zero-order valence-electron chi connectivity index (χ0n) is 12.0. The third kappa shape index (κ3) is 4.99. The molecule has 0 aliphatic heterocycles. The Morgan fingerprint density at radius 2 is 2.00 bits per heavy atom. The fourth-order valence-corrected chi connectivity index (χ4v) is 1.98. The summed E-state index contributed by atoms with van der Waals surface area (Å²) in [5.41, 5.74) is 2.00. The Morgan fingerprint density at radius 1 is 1.32 bits per heavy atom. The lowest BCUT2D eigenvalue weighted by atomic mass is 10.1. The number of nitrogens with one attached hydrogen (secondary N) is 1. The van der Waals surface area contributed by atoms with Crippen molar-refractivity contribution in [3.05, 3.63) is 35.1 Å². The normalized spacial score (nSPS) is 10.5. The van der Waals surface area contributed by atoms with Crippen LogP contribution in [0.25, 0.3) is 0 Å². The molecule has 0 bridgehead atoms. The largest absolute Gasteiger partial charge is 0.343 e. The Morgan fingerprint density at radius 3 is 2.63 bits per heavy atom. The van der Waals surface area contributed by atoms with Crippen LogP contribution in [-0.2, 0) is 11.3 Å². The maximum Gasteiger partial charge on any atom is 0.223 e. The van der Waals surface area contributed by atoms with Crippen LogP contribution in [0.2, 0.25) is 0 Å². The first-order valence-electron chi connectivity index (χ1n) is 6.82. The summed E-state index contributed by atoms with van der Waals surface area (Å²) in [4.78, 5) is 13.6. The van der Waals surface area contributed by atoms with Crippen molar-refractivity contribution in [1.29, 1.82) is 0 Å². The zero-order chi connectivity index (χ0) is 14.3. The highest BCUT2D eigenvalue weighted by atomic mass is 19.1. The quantitative estimate of drug-likeness (QED) is 0.769. The van der Waals surface area contributed by atoms with Crippen molar-refractivity contribution in [3.63, 3.8) is 0 Å². The highest BCUT2D eigenvalue weighted by Crippen LogP contribution is 2.09. The molecule has 0 heterocycles. The van der Waals surface area contributed by atoms with E-state index in [1.165, 1.54) is 12.1 Å². The molecule has 4 heteroatoms. The predicted molar refractivity (Wildman–Crippen MR) is 75.4 cm³/mol. The Hall–Kier alpha value is -1.42. The Balaban J connectivity index is 2.35. The van der Waals surface area contributed by atoms with Gasteiger partial charge in [0.2, 0.25) is 5.91 Å². The van der Waals surface area contributed by atoms with Gasteiger partial charge in [-0.15, -0.1) is 0 Å². The minimum absolute atomic E-state index is 0.161. The summed E-state index contributed by atoms with van der Waals surface area (Å²) >= 11 is 0. The van der Waals surface area contributed by atoms with E-state index in [2.05, 4.69) is 5.32 Å².